The number of nitrogens with zero attached hydrogens (tertiary/aromatic N) is 2. The highest BCUT2D eigenvalue weighted by Crippen LogP contribution is 2.27. The van der Waals surface area contributed by atoms with E-state index in [2.05, 4.69) is 19.2 Å². The summed E-state index contributed by atoms with van der Waals surface area (Å²) in [5.74, 6) is 1.00. The number of amides is 1. The van der Waals surface area contributed by atoms with Crippen molar-refractivity contribution in [1.82, 2.24) is 13.9 Å². The average molecular weight is 384 g/mol. The summed E-state index contributed by atoms with van der Waals surface area (Å²) in [5.41, 5.74) is 0. The second-order valence-corrected chi connectivity index (χ2v) is 9.69. The number of rotatable bonds is 5. The highest BCUT2D eigenvalue weighted by molar-refractivity contribution is 7.86. The van der Waals surface area contributed by atoms with Gasteiger partial charge in [-0.3, -0.25) is 4.79 Å². The van der Waals surface area contributed by atoms with Gasteiger partial charge in [-0.25, -0.2) is 0 Å². The molecule has 0 bridgehead atoms. The van der Waals surface area contributed by atoms with Crippen LogP contribution in [0.3, 0.4) is 0 Å². The van der Waals surface area contributed by atoms with Crippen molar-refractivity contribution in [2.45, 2.75) is 39.7 Å². The third-order valence-electron chi connectivity index (χ3n) is 5.26. The van der Waals surface area contributed by atoms with Crippen LogP contribution in [0.25, 0.3) is 0 Å². The van der Waals surface area contributed by atoms with Gasteiger partial charge in [0.1, 0.15) is 5.76 Å². The zero-order valence-corrected chi connectivity index (χ0v) is 16.4. The predicted octanol–water partition coefficient (Wildman–Crippen LogP) is 1.83. The fourth-order valence-corrected chi connectivity index (χ4v) is 6.00. The van der Waals surface area contributed by atoms with Crippen LogP contribution in [0.1, 0.15) is 38.9 Å². The molecule has 1 amide bonds. The van der Waals surface area contributed by atoms with Crippen LogP contribution in [-0.2, 0) is 21.5 Å². The summed E-state index contributed by atoms with van der Waals surface area (Å²) >= 11 is 0. The van der Waals surface area contributed by atoms with Crippen molar-refractivity contribution in [2.24, 2.45) is 17.8 Å². The number of carbonyl (C=O) groups excluding carboxylic acids is 1. The predicted molar refractivity (Wildman–Crippen MR) is 98.3 cm³/mol. The Morgan fingerprint density at radius 2 is 1.96 bits per heavy atom. The van der Waals surface area contributed by atoms with Gasteiger partial charge in [-0.1, -0.05) is 13.8 Å². The second kappa shape index (κ2) is 8.10. The summed E-state index contributed by atoms with van der Waals surface area (Å²) in [6, 6.07) is 3.58. The van der Waals surface area contributed by atoms with Crippen molar-refractivity contribution in [2.75, 3.05) is 26.2 Å². The molecule has 2 aliphatic rings. The first-order valence-electron chi connectivity index (χ1n) is 9.41. The van der Waals surface area contributed by atoms with E-state index in [-0.39, 0.29) is 18.4 Å². The van der Waals surface area contributed by atoms with Crippen molar-refractivity contribution in [3.63, 3.8) is 0 Å². The van der Waals surface area contributed by atoms with Gasteiger partial charge in [0.2, 0.25) is 5.91 Å². The van der Waals surface area contributed by atoms with Crippen LogP contribution in [0.2, 0.25) is 0 Å². The van der Waals surface area contributed by atoms with E-state index in [4.69, 9.17) is 4.42 Å². The van der Waals surface area contributed by atoms with Crippen molar-refractivity contribution in [3.8, 4) is 0 Å². The van der Waals surface area contributed by atoms with Crippen molar-refractivity contribution >= 4 is 16.1 Å². The van der Waals surface area contributed by atoms with Gasteiger partial charge in [0.25, 0.3) is 10.2 Å². The van der Waals surface area contributed by atoms with Crippen molar-refractivity contribution in [3.05, 3.63) is 24.2 Å². The van der Waals surface area contributed by atoms with E-state index >= 15 is 0 Å². The van der Waals surface area contributed by atoms with Gasteiger partial charge in [-0.2, -0.15) is 17.0 Å². The summed E-state index contributed by atoms with van der Waals surface area (Å²) in [6.07, 6.45) is 4.04. The molecule has 0 aromatic carbocycles. The SMILES string of the molecule is C[C@@H]1C[C@@H](C)CN(S(=O)(=O)N2CCC[C@@H](C(=O)NCc3ccco3)C2)C1. The molecule has 1 aromatic heterocycles. The molecule has 8 heteroatoms. The van der Waals surface area contributed by atoms with E-state index in [0.29, 0.717) is 56.6 Å². The Kier molecular flexibility index (Phi) is 6.04. The van der Waals surface area contributed by atoms with Gasteiger partial charge in [-0.05, 0) is 43.2 Å². The van der Waals surface area contributed by atoms with E-state index < -0.39 is 10.2 Å². The number of hydrogen-bond donors (Lipinski definition) is 1. The van der Waals surface area contributed by atoms with Crippen LogP contribution in [0.5, 0.6) is 0 Å². The molecule has 0 saturated carbocycles. The van der Waals surface area contributed by atoms with Crippen LogP contribution in [0, 0.1) is 17.8 Å². The Morgan fingerprint density at radius 3 is 2.62 bits per heavy atom. The number of hydrogen-bond acceptors (Lipinski definition) is 4. The molecule has 3 heterocycles. The van der Waals surface area contributed by atoms with Gasteiger partial charge in [-0.15, -0.1) is 0 Å². The molecule has 0 radical (unpaired) electrons. The molecule has 0 aliphatic carbocycles. The Hall–Kier alpha value is -1.38. The van der Waals surface area contributed by atoms with E-state index in [9.17, 15) is 13.2 Å². The lowest BCUT2D eigenvalue weighted by Gasteiger charge is -2.39. The molecule has 0 spiro atoms. The normalized spacial score (nSPS) is 28.8. The Balaban J connectivity index is 1.60. The lowest BCUT2D eigenvalue weighted by molar-refractivity contribution is -0.126. The van der Waals surface area contributed by atoms with E-state index in [0.717, 1.165) is 6.42 Å². The zero-order valence-electron chi connectivity index (χ0n) is 15.6. The van der Waals surface area contributed by atoms with Gasteiger partial charge in [0.15, 0.2) is 0 Å². The summed E-state index contributed by atoms with van der Waals surface area (Å²) in [7, 11) is -3.51. The molecule has 1 N–H and O–H groups in total. The largest absolute Gasteiger partial charge is 0.467 e. The first-order valence-corrected chi connectivity index (χ1v) is 10.8. The van der Waals surface area contributed by atoms with E-state index in [1.165, 1.54) is 4.31 Å². The molecular formula is C18H29N3O4S. The maximum absolute atomic E-state index is 13.0. The Bertz CT molecular complexity index is 694. The van der Waals surface area contributed by atoms with Crippen molar-refractivity contribution < 1.29 is 17.6 Å². The first kappa shape index (κ1) is 19.4. The smallest absolute Gasteiger partial charge is 0.282 e. The molecule has 2 aliphatic heterocycles. The van der Waals surface area contributed by atoms with Crippen LogP contribution in [-0.4, -0.2) is 49.1 Å². The standard InChI is InChI=1S/C18H29N3O4S/c1-14-9-15(2)12-21(11-14)26(23,24)20-7-3-5-16(13-20)18(22)19-10-17-6-4-8-25-17/h4,6,8,14-16H,3,5,7,9-13H2,1-2H3,(H,19,22)/t14-,15-,16-/m1/s1. The molecule has 2 fully saturated rings. The Morgan fingerprint density at radius 1 is 1.23 bits per heavy atom. The quantitative estimate of drug-likeness (QED) is 0.841. The van der Waals surface area contributed by atoms with E-state index in [1.54, 1.807) is 22.7 Å². The number of nitrogens with one attached hydrogen (secondary N) is 1. The van der Waals surface area contributed by atoms with Crippen LogP contribution < -0.4 is 5.32 Å². The van der Waals surface area contributed by atoms with Gasteiger partial charge >= 0.3 is 0 Å². The van der Waals surface area contributed by atoms with Crippen molar-refractivity contribution in [1.29, 1.82) is 0 Å². The summed E-state index contributed by atoms with van der Waals surface area (Å²) in [4.78, 5) is 12.5. The maximum atomic E-state index is 13.0. The minimum atomic E-state index is -3.51. The fraction of sp³-hybridized carbons (Fsp3) is 0.722. The minimum Gasteiger partial charge on any atom is -0.467 e. The van der Waals surface area contributed by atoms with E-state index in [1.807, 2.05) is 0 Å². The number of furan rings is 1. The van der Waals surface area contributed by atoms with Gasteiger partial charge in [0.05, 0.1) is 18.7 Å². The molecular weight excluding hydrogens is 354 g/mol. The Labute approximate surface area is 155 Å². The highest BCUT2D eigenvalue weighted by atomic mass is 32.2. The van der Waals surface area contributed by atoms with Gasteiger partial charge < -0.3 is 9.73 Å². The molecule has 3 atom stereocenters. The number of piperidine rings is 2. The summed E-state index contributed by atoms with van der Waals surface area (Å²) in [6.45, 7) is 6.40. The molecule has 0 unspecified atom stereocenters. The second-order valence-electron chi connectivity index (χ2n) is 7.77. The highest BCUT2D eigenvalue weighted by Gasteiger charge is 2.38. The maximum Gasteiger partial charge on any atom is 0.282 e. The monoisotopic (exact) mass is 383 g/mol. The number of carbonyl (C=O) groups is 1. The minimum absolute atomic E-state index is 0.110. The molecule has 26 heavy (non-hydrogen) atoms. The molecule has 7 nitrogen and oxygen atoms in total. The van der Waals surface area contributed by atoms with Gasteiger partial charge in [0, 0.05) is 26.2 Å². The average Bonchev–Trinajstić information content (AvgIpc) is 3.12. The topological polar surface area (TPSA) is 82.9 Å². The molecule has 1 aromatic rings. The summed E-state index contributed by atoms with van der Waals surface area (Å²) < 4.78 is 34.4. The molecule has 2 saturated heterocycles. The zero-order chi connectivity index (χ0) is 18.7. The van der Waals surface area contributed by atoms with Crippen LogP contribution in [0.4, 0.5) is 0 Å². The molecule has 3 rings (SSSR count). The van der Waals surface area contributed by atoms with Crippen LogP contribution in [0.15, 0.2) is 22.8 Å². The lowest BCUT2D eigenvalue weighted by Crippen LogP contribution is -2.53. The summed E-state index contributed by atoms with van der Waals surface area (Å²) in [5, 5.41) is 2.85. The third kappa shape index (κ3) is 4.47. The molecule has 146 valence electrons. The van der Waals surface area contributed by atoms with Crippen LogP contribution >= 0.6 is 0 Å². The lowest BCUT2D eigenvalue weighted by atomic mass is 9.94. The third-order valence-corrected chi connectivity index (χ3v) is 7.19. The first-order chi connectivity index (χ1) is 12.4. The fourth-order valence-electron chi connectivity index (χ4n) is 4.06.